The number of hydrogen-bond acceptors (Lipinski definition) is 15. The van der Waals surface area contributed by atoms with Crippen LogP contribution < -0.4 is 0 Å². The molecule has 0 rings (SSSR count). The Kier molecular flexibility index (Phi) is 63.4. The summed E-state index contributed by atoms with van der Waals surface area (Å²) >= 11 is 0. The molecule has 0 aliphatic rings. The molecule has 19 heteroatoms. The molecule has 0 aromatic rings. The van der Waals surface area contributed by atoms with Gasteiger partial charge < -0.3 is 33.8 Å². The molecule has 0 aromatic heterocycles. The van der Waals surface area contributed by atoms with Gasteiger partial charge in [-0.05, 0) is 43.4 Å². The van der Waals surface area contributed by atoms with Gasteiger partial charge in [0, 0.05) is 25.7 Å². The number of unbranched alkanes of at least 4 members (excludes halogenated alkanes) is 39. The summed E-state index contributed by atoms with van der Waals surface area (Å²) in [5.41, 5.74) is 0. The molecular weight excluding hydrogens is 1220 g/mol. The zero-order valence-electron chi connectivity index (χ0n) is 60.7. The van der Waals surface area contributed by atoms with Gasteiger partial charge in [0.2, 0.25) is 0 Å². The number of rotatable bonds is 72. The predicted molar refractivity (Wildman–Crippen MR) is 377 cm³/mol. The van der Waals surface area contributed by atoms with Gasteiger partial charge in [0.1, 0.15) is 19.3 Å². The third-order valence-electron chi connectivity index (χ3n) is 17.5. The topological polar surface area (TPSA) is 237 Å². The number of phosphoric ester groups is 2. The minimum absolute atomic E-state index is 0.105. The van der Waals surface area contributed by atoms with Crippen LogP contribution in [-0.2, 0) is 65.4 Å². The molecule has 0 saturated heterocycles. The molecule has 0 saturated carbocycles. The number of carbonyl (C=O) groups is 4. The summed E-state index contributed by atoms with van der Waals surface area (Å²) in [6, 6.07) is 0. The Morgan fingerprint density at radius 1 is 0.312 bits per heavy atom. The highest BCUT2D eigenvalue weighted by molar-refractivity contribution is 7.47. The molecular formula is C74H144O17P2. The van der Waals surface area contributed by atoms with Gasteiger partial charge in [-0.3, -0.25) is 37.3 Å². The quantitative estimate of drug-likeness (QED) is 0.0222. The summed E-state index contributed by atoms with van der Waals surface area (Å²) in [7, 11) is -9.90. The van der Waals surface area contributed by atoms with Crippen molar-refractivity contribution in [2.75, 3.05) is 39.6 Å². The van der Waals surface area contributed by atoms with Crippen LogP contribution in [0.4, 0.5) is 0 Å². The first-order chi connectivity index (χ1) is 44.8. The fourth-order valence-electron chi connectivity index (χ4n) is 11.2. The van der Waals surface area contributed by atoms with Crippen molar-refractivity contribution < 1.29 is 80.2 Å². The summed E-state index contributed by atoms with van der Waals surface area (Å²) in [5.74, 6) is 0.246. The number of phosphoric acid groups is 2. The second-order valence-corrected chi connectivity index (χ2v) is 30.8. The summed E-state index contributed by atoms with van der Waals surface area (Å²) in [6.45, 7) is 11.9. The Morgan fingerprint density at radius 2 is 0.548 bits per heavy atom. The van der Waals surface area contributed by atoms with E-state index in [-0.39, 0.29) is 25.7 Å². The lowest BCUT2D eigenvalue weighted by Gasteiger charge is -2.21. The Morgan fingerprint density at radius 3 is 0.817 bits per heavy atom. The highest BCUT2D eigenvalue weighted by Crippen LogP contribution is 2.45. The molecule has 0 heterocycles. The van der Waals surface area contributed by atoms with E-state index in [0.29, 0.717) is 25.7 Å². The Hall–Kier alpha value is -1.94. The van der Waals surface area contributed by atoms with Crippen LogP contribution in [0.1, 0.15) is 376 Å². The smallest absolute Gasteiger partial charge is 0.462 e. The van der Waals surface area contributed by atoms with Crippen LogP contribution in [0.2, 0.25) is 0 Å². The predicted octanol–water partition coefficient (Wildman–Crippen LogP) is 21.4. The number of aliphatic hydroxyl groups is 1. The van der Waals surface area contributed by atoms with Gasteiger partial charge >= 0.3 is 39.5 Å². The third-order valence-corrected chi connectivity index (χ3v) is 19.4. The van der Waals surface area contributed by atoms with Gasteiger partial charge in [-0.15, -0.1) is 0 Å². The van der Waals surface area contributed by atoms with Crippen LogP contribution in [0.3, 0.4) is 0 Å². The van der Waals surface area contributed by atoms with E-state index in [0.717, 1.165) is 120 Å². The molecule has 0 fully saturated rings. The summed E-state index contributed by atoms with van der Waals surface area (Å²) in [6.07, 6.45) is 50.0. The maximum atomic E-state index is 13.1. The fraction of sp³-hybridized carbons (Fsp3) is 0.946. The van der Waals surface area contributed by atoms with E-state index < -0.39 is 97.5 Å². The Labute approximate surface area is 568 Å². The minimum Gasteiger partial charge on any atom is -0.462 e. The second kappa shape index (κ2) is 64.7. The molecule has 0 radical (unpaired) electrons. The number of ether oxygens (including phenoxy) is 4. The molecule has 0 aliphatic carbocycles. The monoisotopic (exact) mass is 1370 g/mol. The molecule has 6 atom stereocenters. The zero-order valence-corrected chi connectivity index (χ0v) is 62.5. The molecule has 0 amide bonds. The van der Waals surface area contributed by atoms with E-state index >= 15 is 0 Å². The van der Waals surface area contributed by atoms with Crippen LogP contribution in [0, 0.1) is 17.8 Å². The maximum Gasteiger partial charge on any atom is 0.472 e. The van der Waals surface area contributed by atoms with Crippen LogP contribution in [-0.4, -0.2) is 96.7 Å². The molecule has 552 valence electrons. The maximum absolute atomic E-state index is 13.1. The lowest BCUT2D eigenvalue weighted by molar-refractivity contribution is -0.161. The van der Waals surface area contributed by atoms with Crippen LogP contribution in [0.15, 0.2) is 0 Å². The fourth-order valence-corrected chi connectivity index (χ4v) is 12.8. The van der Waals surface area contributed by atoms with Crippen LogP contribution in [0.5, 0.6) is 0 Å². The van der Waals surface area contributed by atoms with Gasteiger partial charge in [-0.25, -0.2) is 9.13 Å². The van der Waals surface area contributed by atoms with E-state index in [9.17, 15) is 43.2 Å². The SMILES string of the molecule is CCCCCCCCCC(=O)OC[C@H](COP(=O)(O)OC[C@H](O)COP(=O)(O)OC[C@@H](COC(=O)CCCCCCCCCCCCC(C)CC)OC(=O)CCCCCCCCCCCCCCCCCCC(C)C)OC(=O)CCCCCCCCCCCCC(C)C. The molecule has 3 unspecified atom stereocenters. The van der Waals surface area contributed by atoms with Gasteiger partial charge in [0.25, 0.3) is 0 Å². The van der Waals surface area contributed by atoms with Crippen molar-refractivity contribution in [2.45, 2.75) is 394 Å². The molecule has 0 aromatic carbocycles. The van der Waals surface area contributed by atoms with Gasteiger partial charge in [-0.1, -0.05) is 325 Å². The zero-order chi connectivity index (χ0) is 68.7. The average Bonchev–Trinajstić information content (AvgIpc) is 2.88. The van der Waals surface area contributed by atoms with Crippen molar-refractivity contribution in [3.8, 4) is 0 Å². The normalized spacial score (nSPS) is 14.4. The van der Waals surface area contributed by atoms with Crippen molar-refractivity contribution in [1.82, 2.24) is 0 Å². The summed E-state index contributed by atoms with van der Waals surface area (Å²) in [5, 5.41) is 10.6. The highest BCUT2D eigenvalue weighted by atomic mass is 31.2. The number of hydrogen-bond donors (Lipinski definition) is 3. The Bertz CT molecular complexity index is 1820. The minimum atomic E-state index is -4.96. The number of aliphatic hydroxyl groups excluding tert-OH is 1. The lowest BCUT2D eigenvalue weighted by atomic mass is 9.99. The first-order valence-electron chi connectivity index (χ1n) is 38.4. The van der Waals surface area contributed by atoms with Crippen molar-refractivity contribution >= 4 is 39.5 Å². The molecule has 17 nitrogen and oxygen atoms in total. The van der Waals surface area contributed by atoms with Gasteiger partial charge in [0.05, 0.1) is 26.4 Å². The first-order valence-corrected chi connectivity index (χ1v) is 41.4. The molecule has 0 spiro atoms. The molecule has 0 bridgehead atoms. The molecule has 0 aliphatic heterocycles. The van der Waals surface area contributed by atoms with E-state index in [4.69, 9.17) is 37.0 Å². The van der Waals surface area contributed by atoms with E-state index in [2.05, 4.69) is 48.5 Å². The average molecular weight is 1370 g/mol. The first kappa shape index (κ1) is 91.1. The largest absolute Gasteiger partial charge is 0.472 e. The lowest BCUT2D eigenvalue weighted by Crippen LogP contribution is -2.30. The van der Waals surface area contributed by atoms with Crippen molar-refractivity contribution in [1.29, 1.82) is 0 Å². The highest BCUT2D eigenvalue weighted by Gasteiger charge is 2.30. The van der Waals surface area contributed by atoms with Gasteiger partial charge in [-0.2, -0.15) is 0 Å². The third kappa shape index (κ3) is 67.0. The molecule has 3 N–H and O–H groups in total. The van der Waals surface area contributed by atoms with Crippen molar-refractivity contribution in [3.63, 3.8) is 0 Å². The van der Waals surface area contributed by atoms with Crippen molar-refractivity contribution in [3.05, 3.63) is 0 Å². The standard InChI is InChI=1S/C74H144O17P2/c1-8-10-11-12-31-41-48-55-71(76)84-61-69(90-74(79)58-51-44-37-30-23-21-26-33-39-46-53-66(5)6)63-88-92(80,81)86-59-68(75)60-87-93(82,83)89-64-70(62-85-72(77)56-49-42-35-28-24-22-27-34-40-47-54-67(7)9-2)91-73(78)57-50-43-36-29-20-18-16-14-13-15-17-19-25-32-38-45-52-65(3)4/h65-70,75H,8-64H2,1-7H3,(H,80,81)(H,82,83)/t67?,68-,69+,70+/m0/s1. The molecule has 93 heavy (non-hydrogen) atoms. The van der Waals surface area contributed by atoms with Crippen molar-refractivity contribution in [2.24, 2.45) is 17.8 Å². The van der Waals surface area contributed by atoms with Gasteiger partial charge in [0.15, 0.2) is 12.2 Å². The summed E-state index contributed by atoms with van der Waals surface area (Å²) in [4.78, 5) is 72.6. The summed E-state index contributed by atoms with van der Waals surface area (Å²) < 4.78 is 68.3. The second-order valence-electron chi connectivity index (χ2n) is 27.9. The van der Waals surface area contributed by atoms with E-state index in [1.807, 2.05) is 0 Å². The van der Waals surface area contributed by atoms with E-state index in [1.54, 1.807) is 0 Å². The number of carbonyl (C=O) groups excluding carboxylic acids is 4. The number of esters is 4. The van der Waals surface area contributed by atoms with Crippen LogP contribution in [0.25, 0.3) is 0 Å². The van der Waals surface area contributed by atoms with Crippen LogP contribution >= 0.6 is 15.6 Å². The van der Waals surface area contributed by atoms with E-state index in [1.165, 1.54) is 173 Å². The Balaban J connectivity index is 5.20.